The number of aromatic nitrogens is 2. The van der Waals surface area contributed by atoms with Crippen molar-refractivity contribution in [3.63, 3.8) is 0 Å². The number of hydrogen-bond donors (Lipinski definition) is 1. The van der Waals surface area contributed by atoms with Crippen molar-refractivity contribution in [2.24, 2.45) is 4.99 Å². The number of hydrogen-bond acceptors (Lipinski definition) is 4. The van der Waals surface area contributed by atoms with Crippen LogP contribution in [0.4, 0.5) is 0 Å². The zero-order valence-electron chi connectivity index (χ0n) is 13.6. The molecule has 1 N–H and O–H groups in total. The van der Waals surface area contributed by atoms with Gasteiger partial charge in [-0.2, -0.15) is 4.98 Å². The van der Waals surface area contributed by atoms with Gasteiger partial charge in [0, 0.05) is 20.6 Å². The molecular weight excluding hydrogens is 278 g/mol. The van der Waals surface area contributed by atoms with Crippen LogP contribution in [-0.4, -0.2) is 35.1 Å². The van der Waals surface area contributed by atoms with Crippen LogP contribution in [0.2, 0.25) is 0 Å². The van der Waals surface area contributed by atoms with Crippen LogP contribution >= 0.6 is 0 Å². The summed E-state index contributed by atoms with van der Waals surface area (Å²) in [6, 6.07) is 8.65. The van der Waals surface area contributed by atoms with Crippen LogP contribution in [0.5, 0.6) is 0 Å². The lowest BCUT2D eigenvalue weighted by atomic mass is 10.1. The highest BCUT2D eigenvalue weighted by Gasteiger charge is 2.09. The van der Waals surface area contributed by atoms with E-state index in [9.17, 15) is 0 Å². The third-order valence-electron chi connectivity index (χ3n) is 3.39. The lowest BCUT2D eigenvalue weighted by molar-refractivity contribution is 0.368. The summed E-state index contributed by atoms with van der Waals surface area (Å²) in [5.74, 6) is 1.98. The highest BCUT2D eigenvalue weighted by Crippen LogP contribution is 2.07. The standard InChI is InChI=1S/C16H23N5O/c1-5-13-6-8-14(9-7-13)11-21(4)16(17-3)18-10-15-19-12(2)20-22-15/h6-9H,5,10-11H2,1-4H3,(H,17,18). The van der Waals surface area contributed by atoms with E-state index in [0.717, 1.165) is 18.9 Å². The van der Waals surface area contributed by atoms with Crippen molar-refractivity contribution in [1.82, 2.24) is 20.4 Å². The van der Waals surface area contributed by atoms with Gasteiger partial charge in [0.25, 0.3) is 0 Å². The first-order valence-electron chi connectivity index (χ1n) is 7.41. The first kappa shape index (κ1) is 16.0. The summed E-state index contributed by atoms with van der Waals surface area (Å²) < 4.78 is 5.09. The Balaban J connectivity index is 1.91. The average Bonchev–Trinajstić information content (AvgIpc) is 2.94. The molecule has 0 bridgehead atoms. The van der Waals surface area contributed by atoms with E-state index in [0.29, 0.717) is 18.3 Å². The Kier molecular flexibility index (Phi) is 5.52. The largest absolute Gasteiger partial charge is 0.347 e. The van der Waals surface area contributed by atoms with Gasteiger partial charge >= 0.3 is 0 Å². The molecule has 0 saturated heterocycles. The fraction of sp³-hybridized carbons (Fsp3) is 0.438. The van der Waals surface area contributed by atoms with Gasteiger partial charge in [-0.3, -0.25) is 4.99 Å². The topological polar surface area (TPSA) is 66.5 Å². The number of nitrogens with zero attached hydrogens (tertiary/aromatic N) is 4. The highest BCUT2D eigenvalue weighted by molar-refractivity contribution is 5.79. The Morgan fingerprint density at radius 1 is 1.27 bits per heavy atom. The van der Waals surface area contributed by atoms with Gasteiger partial charge in [0.15, 0.2) is 11.8 Å². The SMILES string of the molecule is CCc1ccc(CN(C)C(=NC)NCc2nc(C)no2)cc1. The Hall–Kier alpha value is -2.37. The molecule has 0 radical (unpaired) electrons. The predicted molar refractivity (Wildman–Crippen MR) is 86.5 cm³/mol. The maximum Gasteiger partial charge on any atom is 0.246 e. The van der Waals surface area contributed by atoms with Gasteiger partial charge in [-0.15, -0.1) is 0 Å². The van der Waals surface area contributed by atoms with E-state index in [2.05, 4.69) is 56.5 Å². The number of benzene rings is 1. The van der Waals surface area contributed by atoms with E-state index in [1.165, 1.54) is 11.1 Å². The number of aliphatic imine (C=N–C) groups is 1. The maximum atomic E-state index is 5.09. The quantitative estimate of drug-likeness (QED) is 0.677. The van der Waals surface area contributed by atoms with Gasteiger partial charge in [-0.05, 0) is 24.5 Å². The smallest absolute Gasteiger partial charge is 0.246 e. The number of guanidine groups is 1. The Morgan fingerprint density at radius 3 is 2.50 bits per heavy atom. The van der Waals surface area contributed by atoms with Gasteiger partial charge in [0.05, 0.1) is 6.54 Å². The van der Waals surface area contributed by atoms with E-state index >= 15 is 0 Å². The molecule has 2 rings (SSSR count). The number of aryl methyl sites for hydroxylation is 2. The second-order valence-electron chi connectivity index (χ2n) is 5.16. The van der Waals surface area contributed by atoms with E-state index in [4.69, 9.17) is 4.52 Å². The van der Waals surface area contributed by atoms with E-state index in [1.807, 2.05) is 7.05 Å². The summed E-state index contributed by atoms with van der Waals surface area (Å²) >= 11 is 0. The van der Waals surface area contributed by atoms with Crippen molar-refractivity contribution in [3.8, 4) is 0 Å². The second-order valence-corrected chi connectivity index (χ2v) is 5.16. The molecule has 0 aliphatic rings. The van der Waals surface area contributed by atoms with Crippen molar-refractivity contribution in [3.05, 3.63) is 47.1 Å². The van der Waals surface area contributed by atoms with Gasteiger partial charge in [0.1, 0.15) is 0 Å². The fourth-order valence-electron chi connectivity index (χ4n) is 2.18. The number of nitrogens with one attached hydrogen (secondary N) is 1. The molecule has 0 aliphatic carbocycles. The summed E-state index contributed by atoms with van der Waals surface area (Å²) in [6.45, 7) is 5.21. The monoisotopic (exact) mass is 301 g/mol. The normalized spacial score (nSPS) is 11.5. The van der Waals surface area contributed by atoms with Gasteiger partial charge in [0.2, 0.25) is 5.89 Å². The molecule has 0 saturated carbocycles. The van der Waals surface area contributed by atoms with E-state index in [-0.39, 0.29) is 0 Å². The average molecular weight is 301 g/mol. The van der Waals surface area contributed by atoms with Crippen LogP contribution in [0.3, 0.4) is 0 Å². The Bertz CT molecular complexity index is 618. The molecule has 0 fully saturated rings. The molecule has 1 aromatic carbocycles. The third-order valence-corrected chi connectivity index (χ3v) is 3.39. The molecule has 118 valence electrons. The zero-order valence-corrected chi connectivity index (χ0v) is 13.6. The summed E-state index contributed by atoms with van der Waals surface area (Å²) in [4.78, 5) is 10.5. The highest BCUT2D eigenvalue weighted by atomic mass is 16.5. The summed E-state index contributed by atoms with van der Waals surface area (Å²) in [6.07, 6.45) is 1.06. The van der Waals surface area contributed by atoms with Gasteiger partial charge < -0.3 is 14.7 Å². The molecule has 6 nitrogen and oxygen atoms in total. The molecule has 6 heteroatoms. The molecular formula is C16H23N5O. The van der Waals surface area contributed by atoms with Crippen LogP contribution < -0.4 is 5.32 Å². The van der Waals surface area contributed by atoms with Crippen LogP contribution in [0.25, 0.3) is 0 Å². The molecule has 0 amide bonds. The molecule has 22 heavy (non-hydrogen) atoms. The minimum absolute atomic E-state index is 0.465. The van der Waals surface area contributed by atoms with E-state index in [1.54, 1.807) is 14.0 Å². The lowest BCUT2D eigenvalue weighted by Gasteiger charge is -2.21. The Morgan fingerprint density at radius 2 is 1.95 bits per heavy atom. The number of rotatable bonds is 5. The molecule has 1 aromatic heterocycles. The minimum atomic E-state index is 0.465. The summed E-state index contributed by atoms with van der Waals surface area (Å²) in [5, 5.41) is 6.99. The van der Waals surface area contributed by atoms with Crippen LogP contribution in [0.15, 0.2) is 33.8 Å². The molecule has 0 aliphatic heterocycles. The van der Waals surface area contributed by atoms with Crippen LogP contribution in [0.1, 0.15) is 29.8 Å². The lowest BCUT2D eigenvalue weighted by Crippen LogP contribution is -2.38. The van der Waals surface area contributed by atoms with Gasteiger partial charge in [-0.1, -0.05) is 36.3 Å². The first-order valence-corrected chi connectivity index (χ1v) is 7.41. The van der Waals surface area contributed by atoms with Crippen molar-refractivity contribution < 1.29 is 4.52 Å². The summed E-state index contributed by atoms with van der Waals surface area (Å²) in [5.41, 5.74) is 2.59. The van der Waals surface area contributed by atoms with Crippen molar-refractivity contribution in [2.75, 3.05) is 14.1 Å². The first-order chi connectivity index (χ1) is 10.6. The van der Waals surface area contributed by atoms with Crippen molar-refractivity contribution in [1.29, 1.82) is 0 Å². The molecule has 0 atom stereocenters. The third kappa shape index (κ3) is 4.31. The fourth-order valence-corrected chi connectivity index (χ4v) is 2.18. The minimum Gasteiger partial charge on any atom is -0.347 e. The maximum absolute atomic E-state index is 5.09. The van der Waals surface area contributed by atoms with Crippen LogP contribution in [-0.2, 0) is 19.5 Å². The van der Waals surface area contributed by atoms with Crippen LogP contribution in [0, 0.1) is 6.92 Å². The molecule has 2 aromatic rings. The van der Waals surface area contributed by atoms with Gasteiger partial charge in [-0.25, -0.2) is 0 Å². The molecule has 0 spiro atoms. The predicted octanol–water partition coefficient (Wildman–Crippen LogP) is 2.15. The second kappa shape index (κ2) is 7.59. The van der Waals surface area contributed by atoms with Crippen molar-refractivity contribution in [2.45, 2.75) is 33.4 Å². The zero-order chi connectivity index (χ0) is 15.9. The van der Waals surface area contributed by atoms with Crippen molar-refractivity contribution >= 4 is 5.96 Å². The summed E-state index contributed by atoms with van der Waals surface area (Å²) in [7, 11) is 3.76. The van der Waals surface area contributed by atoms with E-state index < -0.39 is 0 Å². The molecule has 0 unspecified atom stereocenters. The Labute approximate surface area is 131 Å². The molecule has 1 heterocycles.